The molecule has 0 aliphatic heterocycles. The molecule has 0 spiro atoms. The molecule has 5 aliphatic carbocycles. The molecule has 11 unspecified atom stereocenters. The molecule has 1 heteroatoms. The number of hydrogen-bond acceptors (Lipinski definition) is 1. The average molecular weight is 573 g/mol. The predicted octanol–water partition coefficient (Wildman–Crippen LogP) is 10.1. The summed E-state index contributed by atoms with van der Waals surface area (Å²) in [6.07, 6.45) is 12.0. The maximum atomic E-state index is 2.68. The van der Waals surface area contributed by atoms with Crippen molar-refractivity contribution in [2.75, 3.05) is 11.5 Å². The van der Waals surface area contributed by atoms with Crippen LogP contribution in [0.15, 0.2) is 91.0 Å². The molecule has 2 saturated carbocycles. The van der Waals surface area contributed by atoms with Gasteiger partial charge in [-0.15, -0.1) is 0 Å². The summed E-state index contributed by atoms with van der Waals surface area (Å²) < 4.78 is 0. The molecule has 42 heavy (non-hydrogen) atoms. The Morgan fingerprint density at radius 3 is 2.14 bits per heavy atom. The summed E-state index contributed by atoms with van der Waals surface area (Å²) in [5.74, 6) is 10.2. The lowest BCUT2D eigenvalue weighted by atomic mass is 9.59. The smallest absolute Gasteiger partial charge is 0.00464 e. The van der Waals surface area contributed by atoms with E-state index in [1.165, 1.54) is 43.6 Å². The van der Waals surface area contributed by atoms with Crippen LogP contribution in [-0.2, 0) is 18.3 Å². The third kappa shape index (κ3) is 4.16. The van der Waals surface area contributed by atoms with Crippen LogP contribution in [0.3, 0.4) is 0 Å². The van der Waals surface area contributed by atoms with Crippen LogP contribution in [0.2, 0.25) is 0 Å². The van der Waals surface area contributed by atoms with Gasteiger partial charge in [0.1, 0.15) is 0 Å². The molecule has 5 aliphatic rings. The van der Waals surface area contributed by atoms with Gasteiger partial charge in [0.2, 0.25) is 0 Å². The van der Waals surface area contributed by atoms with Crippen molar-refractivity contribution in [2.24, 2.45) is 47.3 Å². The molecule has 0 heterocycles. The zero-order chi connectivity index (χ0) is 28.4. The van der Waals surface area contributed by atoms with E-state index in [0.29, 0.717) is 17.8 Å². The number of benzene rings is 3. The second-order valence-corrected chi connectivity index (χ2v) is 16.0. The first kappa shape index (κ1) is 27.3. The molecule has 3 aromatic rings. The molecule has 0 N–H and O–H groups in total. The first-order valence-corrected chi connectivity index (χ1v) is 18.2. The quantitative estimate of drug-likeness (QED) is 0.191. The van der Waals surface area contributed by atoms with Crippen LogP contribution >= 0.6 is 11.8 Å². The highest BCUT2D eigenvalue weighted by atomic mass is 32.2. The molecule has 0 saturated heterocycles. The lowest BCUT2D eigenvalue weighted by Crippen LogP contribution is -2.43. The van der Waals surface area contributed by atoms with Crippen molar-refractivity contribution in [2.45, 2.75) is 70.1 Å². The van der Waals surface area contributed by atoms with Crippen molar-refractivity contribution in [1.29, 1.82) is 0 Å². The Balaban J connectivity index is 1.24. The van der Waals surface area contributed by atoms with Crippen molar-refractivity contribution in [1.82, 2.24) is 0 Å². The molecule has 0 amide bonds. The number of allylic oxidation sites excluding steroid dienone is 2. The second kappa shape index (κ2) is 10.7. The minimum Gasteiger partial charge on any atom is -0.161 e. The fraction of sp³-hybridized carbons (Fsp3) is 0.512. The van der Waals surface area contributed by atoms with Crippen LogP contribution in [0.25, 0.3) is 0 Å². The summed E-state index contributed by atoms with van der Waals surface area (Å²) in [7, 11) is 0. The second-order valence-electron chi connectivity index (χ2n) is 14.9. The average Bonchev–Trinajstić information content (AvgIpc) is 3.84. The minimum absolute atomic E-state index is 0.207. The van der Waals surface area contributed by atoms with Crippen molar-refractivity contribution in [3.8, 4) is 0 Å². The Kier molecular flexibility index (Phi) is 6.97. The van der Waals surface area contributed by atoms with E-state index in [-0.39, 0.29) is 5.41 Å². The van der Waals surface area contributed by atoms with Gasteiger partial charge in [-0.05, 0) is 125 Å². The van der Waals surface area contributed by atoms with E-state index in [0.717, 1.165) is 41.4 Å². The van der Waals surface area contributed by atoms with E-state index in [1.807, 2.05) is 0 Å². The number of hydrogen-bond donors (Lipinski definition) is 0. The van der Waals surface area contributed by atoms with E-state index in [4.69, 9.17) is 0 Å². The SMILES string of the molecule is CCCSCC(C)(c1ccccc1)C1CC2C3C=CC(C3)C2C1C1Cc2ccccc2C1C1Cc2ccccc2C1C. The topological polar surface area (TPSA) is 0 Å². The maximum Gasteiger partial charge on any atom is 0.00464 e. The minimum atomic E-state index is 0.207. The van der Waals surface area contributed by atoms with Crippen LogP contribution in [0, 0.1) is 47.3 Å². The number of thioether (sulfide) groups is 1. The van der Waals surface area contributed by atoms with E-state index in [9.17, 15) is 0 Å². The first-order valence-electron chi connectivity index (χ1n) is 17.1. The van der Waals surface area contributed by atoms with Gasteiger partial charge in [-0.25, -0.2) is 0 Å². The molecule has 0 aromatic heterocycles. The molecular formula is C41H48S. The number of fused-ring (bicyclic) bond motifs is 7. The summed E-state index contributed by atoms with van der Waals surface area (Å²) >= 11 is 2.22. The normalized spacial score (nSPS) is 37.0. The largest absolute Gasteiger partial charge is 0.161 e. The highest BCUT2D eigenvalue weighted by Gasteiger charge is 2.62. The molecular weight excluding hydrogens is 525 g/mol. The Labute approximate surface area is 258 Å². The molecule has 0 nitrogen and oxygen atoms in total. The van der Waals surface area contributed by atoms with Crippen LogP contribution < -0.4 is 0 Å². The van der Waals surface area contributed by atoms with Crippen LogP contribution in [0.1, 0.15) is 79.7 Å². The van der Waals surface area contributed by atoms with Crippen LogP contribution in [0.5, 0.6) is 0 Å². The fourth-order valence-electron chi connectivity index (χ4n) is 11.3. The van der Waals surface area contributed by atoms with E-state index in [2.05, 4.69) is 124 Å². The molecule has 2 fully saturated rings. The van der Waals surface area contributed by atoms with Gasteiger partial charge in [-0.3, -0.25) is 0 Å². The summed E-state index contributed by atoms with van der Waals surface area (Å²) in [5.41, 5.74) is 8.41. The van der Waals surface area contributed by atoms with Crippen LogP contribution in [0.4, 0.5) is 0 Å². The van der Waals surface area contributed by atoms with Crippen molar-refractivity contribution < 1.29 is 0 Å². The highest BCUT2D eigenvalue weighted by molar-refractivity contribution is 7.99. The predicted molar refractivity (Wildman–Crippen MR) is 179 cm³/mol. The molecule has 3 aromatic carbocycles. The van der Waals surface area contributed by atoms with Gasteiger partial charge >= 0.3 is 0 Å². The maximum absolute atomic E-state index is 2.68. The Hall–Kier alpha value is -2.25. The Morgan fingerprint density at radius 1 is 0.714 bits per heavy atom. The highest BCUT2D eigenvalue weighted by Crippen LogP contribution is 2.68. The Bertz CT molecular complexity index is 1450. The Morgan fingerprint density at radius 2 is 1.38 bits per heavy atom. The number of rotatable bonds is 8. The summed E-state index contributed by atoms with van der Waals surface area (Å²) in [6.45, 7) is 7.59. The summed E-state index contributed by atoms with van der Waals surface area (Å²) in [4.78, 5) is 0. The zero-order valence-corrected chi connectivity index (χ0v) is 26.6. The van der Waals surface area contributed by atoms with Crippen molar-refractivity contribution in [3.63, 3.8) is 0 Å². The third-order valence-corrected chi connectivity index (χ3v) is 14.6. The van der Waals surface area contributed by atoms with E-state index in [1.54, 1.807) is 27.8 Å². The first-order chi connectivity index (χ1) is 20.6. The summed E-state index contributed by atoms with van der Waals surface area (Å²) in [6, 6.07) is 30.9. The molecule has 2 bridgehead atoms. The molecule has 11 atom stereocenters. The van der Waals surface area contributed by atoms with Gasteiger partial charge in [0.15, 0.2) is 0 Å². The standard InChI is InChI=1S/C41H48S/c1-4-20-42-25-41(3,31-14-6-5-7-15-31)37-24-35-29-18-19-30(21-29)38(35)40(37)36-23-28-13-9-11-17-33(28)39(36)34-22-27-12-8-10-16-32(27)26(34)2/h5-19,26,29-30,34-40H,4,20-25H2,1-3H3. The monoisotopic (exact) mass is 572 g/mol. The molecule has 8 rings (SSSR count). The van der Waals surface area contributed by atoms with Gasteiger partial charge in [-0.2, -0.15) is 11.8 Å². The van der Waals surface area contributed by atoms with Gasteiger partial charge in [0, 0.05) is 11.2 Å². The van der Waals surface area contributed by atoms with E-state index >= 15 is 0 Å². The van der Waals surface area contributed by atoms with Crippen molar-refractivity contribution in [3.05, 3.63) is 119 Å². The zero-order valence-electron chi connectivity index (χ0n) is 25.8. The van der Waals surface area contributed by atoms with Crippen LogP contribution in [-0.4, -0.2) is 11.5 Å². The fourth-order valence-corrected chi connectivity index (χ4v) is 12.6. The van der Waals surface area contributed by atoms with Crippen molar-refractivity contribution >= 4 is 11.8 Å². The third-order valence-electron chi connectivity index (χ3n) is 13.1. The summed E-state index contributed by atoms with van der Waals surface area (Å²) in [5, 5.41) is 0. The van der Waals surface area contributed by atoms with Gasteiger partial charge in [-0.1, -0.05) is 112 Å². The lowest BCUT2D eigenvalue weighted by molar-refractivity contribution is 0.101. The van der Waals surface area contributed by atoms with Gasteiger partial charge in [0.05, 0.1) is 0 Å². The molecule has 0 radical (unpaired) electrons. The van der Waals surface area contributed by atoms with Gasteiger partial charge in [0.25, 0.3) is 0 Å². The van der Waals surface area contributed by atoms with E-state index < -0.39 is 0 Å². The molecule has 218 valence electrons. The van der Waals surface area contributed by atoms with Gasteiger partial charge < -0.3 is 0 Å². The lowest BCUT2D eigenvalue weighted by Gasteiger charge is -2.46.